The molecule has 1 aliphatic carbocycles. The van der Waals surface area contributed by atoms with Crippen molar-refractivity contribution in [2.24, 2.45) is 11.8 Å². The molecule has 6 nitrogen and oxygen atoms in total. The molecule has 6 heteroatoms. The largest absolute Gasteiger partial charge is 0.342 e. The third-order valence-corrected chi connectivity index (χ3v) is 7.36. The molecular formula is C23H40N4O2. The van der Waals surface area contributed by atoms with Gasteiger partial charge in [-0.3, -0.25) is 19.9 Å². The molecule has 2 amide bonds. The second-order valence-electron chi connectivity index (χ2n) is 9.62. The normalized spacial score (nSPS) is 28.7. The smallest absolute Gasteiger partial charge is 0.254 e. The summed E-state index contributed by atoms with van der Waals surface area (Å²) >= 11 is 0. The van der Waals surface area contributed by atoms with Crippen LogP contribution >= 0.6 is 0 Å². The minimum absolute atomic E-state index is 0.0488. The van der Waals surface area contributed by atoms with Gasteiger partial charge in [0.15, 0.2) is 5.96 Å². The zero-order valence-corrected chi connectivity index (χ0v) is 18.5. The van der Waals surface area contributed by atoms with Crippen molar-refractivity contribution in [3.8, 4) is 0 Å². The van der Waals surface area contributed by atoms with Crippen LogP contribution in [0, 0.1) is 17.2 Å². The van der Waals surface area contributed by atoms with Crippen LogP contribution in [0.15, 0.2) is 0 Å². The molecule has 29 heavy (non-hydrogen) atoms. The van der Waals surface area contributed by atoms with Crippen molar-refractivity contribution >= 4 is 17.8 Å². The van der Waals surface area contributed by atoms with E-state index < -0.39 is 5.54 Å². The minimum Gasteiger partial charge on any atom is -0.342 e. The highest BCUT2D eigenvalue weighted by molar-refractivity contribution is 6.07. The Morgan fingerprint density at radius 3 is 2.55 bits per heavy atom. The molecule has 3 fully saturated rings. The maximum atomic E-state index is 13.2. The van der Waals surface area contributed by atoms with Crippen LogP contribution in [-0.2, 0) is 9.59 Å². The van der Waals surface area contributed by atoms with E-state index in [2.05, 4.69) is 12.2 Å². The molecule has 2 aliphatic heterocycles. The van der Waals surface area contributed by atoms with Crippen LogP contribution in [0.5, 0.6) is 0 Å². The lowest BCUT2D eigenvalue weighted by molar-refractivity contribution is -0.134. The Balaban J connectivity index is 1.65. The van der Waals surface area contributed by atoms with Gasteiger partial charge in [-0.25, -0.2) is 0 Å². The van der Waals surface area contributed by atoms with Gasteiger partial charge in [0.1, 0.15) is 5.54 Å². The van der Waals surface area contributed by atoms with Gasteiger partial charge < -0.3 is 10.2 Å². The summed E-state index contributed by atoms with van der Waals surface area (Å²) in [5.74, 6) is 1.59. The Bertz CT molecular complexity index is 602. The minimum atomic E-state index is -0.649. The van der Waals surface area contributed by atoms with E-state index in [0.717, 1.165) is 58.0 Å². The van der Waals surface area contributed by atoms with E-state index in [1.807, 2.05) is 4.90 Å². The van der Waals surface area contributed by atoms with Gasteiger partial charge in [-0.15, -0.1) is 0 Å². The average molecular weight is 405 g/mol. The highest BCUT2D eigenvalue weighted by Gasteiger charge is 2.49. The molecule has 0 aromatic rings. The zero-order chi connectivity index (χ0) is 20.9. The molecule has 0 radical (unpaired) electrons. The first-order valence-electron chi connectivity index (χ1n) is 11.9. The van der Waals surface area contributed by atoms with Crippen molar-refractivity contribution in [3.63, 3.8) is 0 Å². The monoisotopic (exact) mass is 404 g/mol. The van der Waals surface area contributed by atoms with Gasteiger partial charge in [0, 0.05) is 26.6 Å². The standard InChI is InChI=1S/C23H40N4O2/c1-3-4-12-20(28)27-15-8-11-19(17-27)16-23(21(29)26(2)22(24)25-23)14-13-18-9-6-5-7-10-18/h18-19H,3-17H2,1-2H3,(H2,24,25)/t19?,23-/m1/s1. The van der Waals surface area contributed by atoms with Crippen LogP contribution in [0.3, 0.4) is 0 Å². The second kappa shape index (κ2) is 9.94. The van der Waals surface area contributed by atoms with Gasteiger partial charge >= 0.3 is 0 Å². The summed E-state index contributed by atoms with van der Waals surface area (Å²) in [5.41, 5.74) is -0.649. The number of rotatable bonds is 8. The number of likely N-dealkylation sites (N-methyl/N-ethyl adjacent to an activating group) is 1. The summed E-state index contributed by atoms with van der Waals surface area (Å²) in [6, 6.07) is 0. The fourth-order valence-corrected chi connectivity index (χ4v) is 5.56. The van der Waals surface area contributed by atoms with E-state index >= 15 is 0 Å². The third kappa shape index (κ3) is 5.32. The average Bonchev–Trinajstić information content (AvgIpc) is 2.95. The number of unbranched alkanes of at least 4 members (excludes halogenated alkanes) is 1. The molecule has 164 valence electrons. The van der Waals surface area contributed by atoms with E-state index in [9.17, 15) is 9.59 Å². The van der Waals surface area contributed by atoms with Crippen LogP contribution in [0.1, 0.15) is 90.4 Å². The van der Waals surface area contributed by atoms with Gasteiger partial charge in [-0.2, -0.15) is 0 Å². The molecule has 2 N–H and O–H groups in total. The van der Waals surface area contributed by atoms with E-state index in [0.29, 0.717) is 18.3 Å². The Kier molecular flexibility index (Phi) is 7.58. The van der Waals surface area contributed by atoms with Gasteiger partial charge in [0.2, 0.25) is 5.91 Å². The fourth-order valence-electron chi connectivity index (χ4n) is 5.56. The Morgan fingerprint density at radius 2 is 1.90 bits per heavy atom. The van der Waals surface area contributed by atoms with E-state index in [4.69, 9.17) is 5.41 Å². The van der Waals surface area contributed by atoms with Crippen LogP contribution in [0.2, 0.25) is 0 Å². The Hall–Kier alpha value is -1.59. The summed E-state index contributed by atoms with van der Waals surface area (Å²) in [7, 11) is 1.71. The lowest BCUT2D eigenvalue weighted by Gasteiger charge is -2.38. The van der Waals surface area contributed by atoms with Gasteiger partial charge in [-0.1, -0.05) is 45.4 Å². The molecule has 3 aliphatic rings. The first-order chi connectivity index (χ1) is 13.9. The molecule has 3 rings (SSSR count). The van der Waals surface area contributed by atoms with Crippen LogP contribution in [0.25, 0.3) is 0 Å². The number of amides is 2. The van der Waals surface area contributed by atoms with Gasteiger partial charge in [0.25, 0.3) is 5.91 Å². The van der Waals surface area contributed by atoms with E-state index in [1.165, 1.54) is 37.0 Å². The molecule has 2 atom stereocenters. The number of piperidine rings is 1. The zero-order valence-electron chi connectivity index (χ0n) is 18.5. The summed E-state index contributed by atoms with van der Waals surface area (Å²) in [6.07, 6.45) is 13.8. The number of carbonyl (C=O) groups is 2. The maximum Gasteiger partial charge on any atom is 0.254 e. The number of hydrogen-bond donors (Lipinski definition) is 2. The third-order valence-electron chi connectivity index (χ3n) is 7.36. The van der Waals surface area contributed by atoms with Gasteiger partial charge in [0.05, 0.1) is 0 Å². The molecule has 0 bridgehead atoms. The molecule has 2 saturated heterocycles. The van der Waals surface area contributed by atoms with Crippen molar-refractivity contribution in [3.05, 3.63) is 0 Å². The van der Waals surface area contributed by atoms with Crippen molar-refractivity contribution in [2.45, 2.75) is 95.9 Å². The van der Waals surface area contributed by atoms with E-state index in [1.54, 1.807) is 7.05 Å². The Morgan fingerprint density at radius 1 is 1.17 bits per heavy atom. The number of carbonyl (C=O) groups excluding carboxylic acids is 2. The Labute approximate surface area is 176 Å². The number of hydrogen-bond acceptors (Lipinski definition) is 3. The molecular weight excluding hydrogens is 364 g/mol. The number of nitrogens with zero attached hydrogens (tertiary/aromatic N) is 2. The van der Waals surface area contributed by atoms with Crippen molar-refractivity contribution < 1.29 is 9.59 Å². The highest BCUT2D eigenvalue weighted by Crippen LogP contribution is 2.36. The first kappa shape index (κ1) is 22.1. The van der Waals surface area contributed by atoms with Crippen LogP contribution in [-0.4, -0.2) is 53.2 Å². The summed E-state index contributed by atoms with van der Waals surface area (Å²) in [4.78, 5) is 29.2. The lowest BCUT2D eigenvalue weighted by Crippen LogP contribution is -2.51. The highest BCUT2D eigenvalue weighted by atomic mass is 16.2. The molecule has 1 unspecified atom stereocenters. The summed E-state index contributed by atoms with van der Waals surface area (Å²) in [6.45, 7) is 3.73. The summed E-state index contributed by atoms with van der Waals surface area (Å²) in [5, 5.41) is 11.5. The lowest BCUT2D eigenvalue weighted by atomic mass is 9.77. The molecule has 0 aromatic carbocycles. The number of likely N-dealkylation sites (tertiary alicyclic amines) is 1. The predicted molar refractivity (Wildman–Crippen MR) is 116 cm³/mol. The number of guanidine groups is 1. The molecule has 0 spiro atoms. The topological polar surface area (TPSA) is 76.5 Å². The van der Waals surface area contributed by atoms with Crippen molar-refractivity contribution in [2.75, 3.05) is 20.1 Å². The summed E-state index contributed by atoms with van der Waals surface area (Å²) < 4.78 is 0. The molecule has 0 aromatic heterocycles. The SMILES string of the molecule is CCCCC(=O)N1CCCC(C[C@@]2(CCC3CCCCC3)NC(=N)N(C)C2=O)C1. The maximum absolute atomic E-state index is 13.2. The molecule has 2 heterocycles. The first-order valence-corrected chi connectivity index (χ1v) is 11.9. The van der Waals surface area contributed by atoms with E-state index in [-0.39, 0.29) is 17.8 Å². The van der Waals surface area contributed by atoms with Crippen LogP contribution < -0.4 is 5.32 Å². The predicted octanol–water partition coefficient (Wildman–Crippen LogP) is 3.90. The quantitative estimate of drug-likeness (QED) is 0.644. The fraction of sp³-hybridized carbons (Fsp3) is 0.870. The molecule has 1 saturated carbocycles. The van der Waals surface area contributed by atoms with Crippen molar-refractivity contribution in [1.29, 1.82) is 5.41 Å². The van der Waals surface area contributed by atoms with Crippen LogP contribution in [0.4, 0.5) is 0 Å². The number of nitrogens with one attached hydrogen (secondary N) is 2. The van der Waals surface area contributed by atoms with Crippen molar-refractivity contribution in [1.82, 2.24) is 15.1 Å². The van der Waals surface area contributed by atoms with Gasteiger partial charge in [-0.05, 0) is 50.4 Å². The second-order valence-corrected chi connectivity index (χ2v) is 9.62.